The number of aliphatic hydroxyl groups excluding tert-OH is 1. The molecule has 0 aromatic heterocycles. The van der Waals surface area contributed by atoms with E-state index in [1.807, 2.05) is 32.0 Å². The minimum atomic E-state index is -0.102. The van der Waals surface area contributed by atoms with Crippen molar-refractivity contribution in [1.29, 1.82) is 0 Å². The van der Waals surface area contributed by atoms with Crippen molar-refractivity contribution < 1.29 is 9.84 Å². The maximum atomic E-state index is 9.23. The van der Waals surface area contributed by atoms with E-state index in [1.165, 1.54) is 0 Å². The van der Waals surface area contributed by atoms with Crippen molar-refractivity contribution in [3.05, 3.63) is 28.2 Å². The molecule has 15 heavy (non-hydrogen) atoms. The highest BCUT2D eigenvalue weighted by Crippen LogP contribution is 2.32. The molecule has 0 atom stereocenters. The Labute approximate surface area is 99.4 Å². The first-order valence-corrected chi connectivity index (χ1v) is 5.72. The van der Waals surface area contributed by atoms with E-state index in [2.05, 4.69) is 15.9 Å². The second-order valence-corrected chi connectivity index (χ2v) is 5.23. The normalized spacial score (nSPS) is 11.5. The molecular formula is C12H17BrO2. The minimum Gasteiger partial charge on any atom is -0.496 e. The fourth-order valence-corrected chi connectivity index (χ4v) is 1.99. The van der Waals surface area contributed by atoms with Gasteiger partial charge in [0.15, 0.2) is 0 Å². The molecule has 0 amide bonds. The summed E-state index contributed by atoms with van der Waals surface area (Å²) in [6.07, 6.45) is 0.821. The van der Waals surface area contributed by atoms with E-state index in [9.17, 15) is 5.11 Å². The van der Waals surface area contributed by atoms with Crippen LogP contribution in [0.2, 0.25) is 0 Å². The molecule has 0 radical (unpaired) electrons. The largest absolute Gasteiger partial charge is 0.496 e. The number of ether oxygens (including phenoxy) is 1. The second-order valence-electron chi connectivity index (χ2n) is 4.43. The highest BCUT2D eigenvalue weighted by atomic mass is 79.9. The van der Waals surface area contributed by atoms with E-state index in [0.29, 0.717) is 0 Å². The summed E-state index contributed by atoms with van der Waals surface area (Å²) in [5.74, 6) is 0.834. The Balaban J connectivity index is 2.95. The lowest BCUT2D eigenvalue weighted by Gasteiger charge is -2.22. The standard InChI is InChI=1S/C12H17BrO2/c1-12(2,8-14)7-9-5-4-6-10(15-3)11(9)13/h4-6,14H,7-8H2,1-3H3. The van der Waals surface area contributed by atoms with Crippen molar-refractivity contribution in [2.75, 3.05) is 13.7 Å². The molecule has 1 rings (SSSR count). The number of halogens is 1. The first kappa shape index (κ1) is 12.5. The maximum Gasteiger partial charge on any atom is 0.133 e. The molecule has 1 N–H and O–H groups in total. The molecule has 2 nitrogen and oxygen atoms in total. The van der Waals surface area contributed by atoms with Gasteiger partial charge in [-0.2, -0.15) is 0 Å². The Morgan fingerprint density at radius 3 is 2.60 bits per heavy atom. The molecule has 1 aromatic rings. The summed E-state index contributed by atoms with van der Waals surface area (Å²) in [5.41, 5.74) is 1.06. The zero-order valence-electron chi connectivity index (χ0n) is 9.38. The summed E-state index contributed by atoms with van der Waals surface area (Å²) in [7, 11) is 1.65. The highest BCUT2D eigenvalue weighted by molar-refractivity contribution is 9.10. The van der Waals surface area contributed by atoms with Crippen LogP contribution in [0.5, 0.6) is 5.75 Å². The van der Waals surface area contributed by atoms with Gasteiger partial charge < -0.3 is 9.84 Å². The van der Waals surface area contributed by atoms with E-state index < -0.39 is 0 Å². The van der Waals surface area contributed by atoms with Crippen molar-refractivity contribution >= 4 is 15.9 Å². The lowest BCUT2D eigenvalue weighted by molar-refractivity contribution is 0.159. The van der Waals surface area contributed by atoms with Crippen LogP contribution in [-0.2, 0) is 6.42 Å². The van der Waals surface area contributed by atoms with Crippen LogP contribution >= 0.6 is 15.9 Å². The zero-order chi connectivity index (χ0) is 11.5. The van der Waals surface area contributed by atoms with Gasteiger partial charge in [-0.15, -0.1) is 0 Å². The Bertz CT molecular complexity index is 334. The van der Waals surface area contributed by atoms with Crippen molar-refractivity contribution in [1.82, 2.24) is 0 Å². The maximum absolute atomic E-state index is 9.23. The number of benzene rings is 1. The zero-order valence-corrected chi connectivity index (χ0v) is 11.0. The van der Waals surface area contributed by atoms with E-state index in [0.717, 1.165) is 22.2 Å². The molecule has 0 fully saturated rings. The van der Waals surface area contributed by atoms with Crippen LogP contribution in [0.1, 0.15) is 19.4 Å². The molecule has 0 saturated heterocycles. The van der Waals surface area contributed by atoms with Crippen LogP contribution in [0.15, 0.2) is 22.7 Å². The summed E-state index contributed by atoms with van der Waals surface area (Å²) in [6.45, 7) is 4.26. The fraction of sp³-hybridized carbons (Fsp3) is 0.500. The number of hydrogen-bond acceptors (Lipinski definition) is 2. The van der Waals surface area contributed by atoms with Crippen LogP contribution in [0, 0.1) is 5.41 Å². The van der Waals surface area contributed by atoms with Gasteiger partial charge >= 0.3 is 0 Å². The SMILES string of the molecule is COc1cccc(CC(C)(C)CO)c1Br. The number of aliphatic hydroxyl groups is 1. The number of rotatable bonds is 4. The molecule has 0 heterocycles. The number of methoxy groups -OCH3 is 1. The van der Waals surface area contributed by atoms with Crippen molar-refractivity contribution in [3.63, 3.8) is 0 Å². The summed E-state index contributed by atoms with van der Waals surface area (Å²) in [4.78, 5) is 0. The monoisotopic (exact) mass is 272 g/mol. The summed E-state index contributed by atoms with van der Waals surface area (Å²) >= 11 is 3.52. The molecular weight excluding hydrogens is 256 g/mol. The van der Waals surface area contributed by atoms with Crippen molar-refractivity contribution in [3.8, 4) is 5.75 Å². The third kappa shape index (κ3) is 3.21. The second kappa shape index (κ2) is 4.99. The first-order valence-electron chi connectivity index (χ1n) is 4.92. The Kier molecular flexibility index (Phi) is 4.17. The van der Waals surface area contributed by atoms with E-state index in [-0.39, 0.29) is 12.0 Å². The lowest BCUT2D eigenvalue weighted by atomic mass is 9.87. The smallest absolute Gasteiger partial charge is 0.133 e. The lowest BCUT2D eigenvalue weighted by Crippen LogP contribution is -2.20. The molecule has 0 aliphatic rings. The molecule has 0 saturated carbocycles. The van der Waals surface area contributed by atoms with Crippen LogP contribution in [0.4, 0.5) is 0 Å². The number of hydrogen-bond donors (Lipinski definition) is 1. The van der Waals surface area contributed by atoms with Gasteiger partial charge in [-0.05, 0) is 39.4 Å². The van der Waals surface area contributed by atoms with Crippen molar-refractivity contribution in [2.24, 2.45) is 5.41 Å². The van der Waals surface area contributed by atoms with E-state index in [4.69, 9.17) is 4.74 Å². The van der Waals surface area contributed by atoms with Gasteiger partial charge in [-0.1, -0.05) is 26.0 Å². The van der Waals surface area contributed by atoms with Crippen LogP contribution < -0.4 is 4.74 Å². The molecule has 0 bridgehead atoms. The summed E-state index contributed by atoms with van der Waals surface area (Å²) in [6, 6.07) is 5.93. The Morgan fingerprint density at radius 2 is 2.07 bits per heavy atom. The average molecular weight is 273 g/mol. The summed E-state index contributed by atoms with van der Waals surface area (Å²) in [5, 5.41) is 9.23. The Morgan fingerprint density at radius 1 is 1.40 bits per heavy atom. The quantitative estimate of drug-likeness (QED) is 0.913. The molecule has 1 aromatic carbocycles. The van der Waals surface area contributed by atoms with Gasteiger partial charge in [0.25, 0.3) is 0 Å². The van der Waals surface area contributed by atoms with Gasteiger partial charge in [0.05, 0.1) is 11.6 Å². The molecule has 3 heteroatoms. The molecule has 0 aliphatic carbocycles. The third-order valence-electron chi connectivity index (χ3n) is 2.36. The molecule has 0 spiro atoms. The van der Waals surface area contributed by atoms with E-state index >= 15 is 0 Å². The van der Waals surface area contributed by atoms with Gasteiger partial charge in [-0.3, -0.25) is 0 Å². The highest BCUT2D eigenvalue weighted by Gasteiger charge is 2.19. The first-order chi connectivity index (χ1) is 7.00. The summed E-state index contributed by atoms with van der Waals surface area (Å²) < 4.78 is 6.20. The fourth-order valence-electron chi connectivity index (χ4n) is 1.42. The average Bonchev–Trinajstić information content (AvgIpc) is 2.21. The van der Waals surface area contributed by atoms with Gasteiger partial charge in [0.2, 0.25) is 0 Å². The predicted octanol–water partition coefficient (Wildman–Crippen LogP) is 3.02. The third-order valence-corrected chi connectivity index (χ3v) is 3.26. The van der Waals surface area contributed by atoms with Crippen molar-refractivity contribution in [2.45, 2.75) is 20.3 Å². The minimum absolute atomic E-state index is 0.102. The topological polar surface area (TPSA) is 29.5 Å². The molecule has 0 unspecified atom stereocenters. The van der Waals surface area contributed by atoms with Gasteiger partial charge in [0.1, 0.15) is 5.75 Å². The van der Waals surface area contributed by atoms with Gasteiger partial charge in [0, 0.05) is 6.61 Å². The van der Waals surface area contributed by atoms with Crippen LogP contribution in [0.25, 0.3) is 0 Å². The van der Waals surface area contributed by atoms with Crippen LogP contribution in [-0.4, -0.2) is 18.8 Å². The van der Waals surface area contributed by atoms with E-state index in [1.54, 1.807) is 7.11 Å². The Hall–Kier alpha value is -0.540. The predicted molar refractivity (Wildman–Crippen MR) is 65.3 cm³/mol. The van der Waals surface area contributed by atoms with Gasteiger partial charge in [-0.25, -0.2) is 0 Å². The van der Waals surface area contributed by atoms with Crippen LogP contribution in [0.3, 0.4) is 0 Å². The molecule has 84 valence electrons. The molecule has 0 aliphatic heterocycles.